The summed E-state index contributed by atoms with van der Waals surface area (Å²) in [5.74, 6) is -1.02. The Bertz CT molecular complexity index is 1960. The third-order valence-corrected chi connectivity index (χ3v) is 8.90. The van der Waals surface area contributed by atoms with Gasteiger partial charge in [-0.3, -0.25) is 9.59 Å². The lowest BCUT2D eigenvalue weighted by atomic mass is 10.1. The first-order valence-corrected chi connectivity index (χ1v) is 15.1. The van der Waals surface area contributed by atoms with Gasteiger partial charge in [0.15, 0.2) is 0 Å². The number of fused-ring (bicyclic) bond motifs is 1. The second-order valence-electron chi connectivity index (χ2n) is 9.82. The maximum Gasteiger partial charge on any atom is 0.261 e. The van der Waals surface area contributed by atoms with Crippen molar-refractivity contribution in [2.75, 3.05) is 4.90 Å². The third-order valence-electron chi connectivity index (χ3n) is 6.91. The monoisotopic (exact) mass is 605 g/mol. The topological polar surface area (TPSA) is 91.0 Å². The molecule has 0 bridgehead atoms. The molecular weight excluding hydrogens is 582 g/mol. The number of hydrogen-bond acceptors (Lipinski definition) is 6. The van der Waals surface area contributed by atoms with Gasteiger partial charge in [0.1, 0.15) is 5.82 Å². The smallest absolute Gasteiger partial charge is 0.261 e. The minimum absolute atomic E-state index is 0.157. The number of carbonyl (C=O) groups excluding carboxylic acids is 2. The lowest BCUT2D eigenvalue weighted by Crippen LogP contribution is -2.31. The van der Waals surface area contributed by atoms with Gasteiger partial charge in [0.25, 0.3) is 11.8 Å². The Labute approximate surface area is 255 Å². The molecule has 10 heteroatoms. The lowest BCUT2D eigenvalue weighted by molar-refractivity contribution is 0.0953. The van der Waals surface area contributed by atoms with Gasteiger partial charge in [-0.1, -0.05) is 24.3 Å². The normalized spacial score (nSPS) is 10.9. The van der Waals surface area contributed by atoms with Gasteiger partial charge in [0, 0.05) is 33.6 Å². The molecule has 0 aliphatic carbocycles. The van der Waals surface area contributed by atoms with E-state index in [-0.39, 0.29) is 23.9 Å². The minimum atomic E-state index is -0.497. The van der Waals surface area contributed by atoms with Gasteiger partial charge in [0.05, 0.1) is 41.6 Å². The van der Waals surface area contributed by atoms with Crippen LogP contribution in [-0.2, 0) is 19.6 Å². The molecule has 6 aromatic rings. The number of amides is 2. The van der Waals surface area contributed by atoms with Gasteiger partial charge in [-0.2, -0.15) is 5.26 Å². The average Bonchev–Trinajstić information content (AvgIpc) is 3.80. The summed E-state index contributed by atoms with van der Waals surface area (Å²) in [6.07, 6.45) is 3.40. The highest BCUT2D eigenvalue weighted by Crippen LogP contribution is 2.31. The van der Waals surface area contributed by atoms with Crippen molar-refractivity contribution < 1.29 is 14.0 Å². The van der Waals surface area contributed by atoms with Gasteiger partial charge < -0.3 is 14.8 Å². The van der Waals surface area contributed by atoms with E-state index in [2.05, 4.69) is 16.4 Å². The Morgan fingerprint density at radius 3 is 2.65 bits per heavy atom. The number of nitriles is 1. The maximum absolute atomic E-state index is 14.1. The van der Waals surface area contributed by atoms with E-state index in [1.165, 1.54) is 29.5 Å². The molecule has 6 rings (SSSR count). The van der Waals surface area contributed by atoms with E-state index in [9.17, 15) is 14.0 Å². The van der Waals surface area contributed by atoms with Crippen LogP contribution in [0.15, 0.2) is 103 Å². The summed E-state index contributed by atoms with van der Waals surface area (Å²) >= 11 is 2.97. The first kappa shape index (κ1) is 28.0. The molecule has 212 valence electrons. The minimum Gasteiger partial charge on any atom is -0.346 e. The van der Waals surface area contributed by atoms with E-state index in [4.69, 9.17) is 5.26 Å². The number of hydrogen-bond donors (Lipinski definition) is 1. The fourth-order valence-corrected chi connectivity index (χ4v) is 6.31. The lowest BCUT2D eigenvalue weighted by Gasteiger charge is -2.24. The molecule has 3 heterocycles. The van der Waals surface area contributed by atoms with Crippen molar-refractivity contribution in [1.82, 2.24) is 14.9 Å². The van der Waals surface area contributed by atoms with E-state index in [1.54, 1.807) is 47.0 Å². The summed E-state index contributed by atoms with van der Waals surface area (Å²) in [4.78, 5) is 34.3. The average molecular weight is 606 g/mol. The van der Waals surface area contributed by atoms with Crippen molar-refractivity contribution in [3.63, 3.8) is 0 Å². The van der Waals surface area contributed by atoms with Crippen LogP contribution >= 0.6 is 22.7 Å². The van der Waals surface area contributed by atoms with Crippen LogP contribution in [0.1, 0.15) is 41.7 Å². The molecule has 2 amide bonds. The molecule has 0 saturated carbocycles. The highest BCUT2D eigenvalue weighted by atomic mass is 32.1. The van der Waals surface area contributed by atoms with Crippen LogP contribution in [0, 0.1) is 17.1 Å². The van der Waals surface area contributed by atoms with Crippen LogP contribution < -0.4 is 10.2 Å². The highest BCUT2D eigenvalue weighted by molar-refractivity contribution is 7.20. The van der Waals surface area contributed by atoms with Crippen molar-refractivity contribution in [3.05, 3.63) is 141 Å². The van der Waals surface area contributed by atoms with Crippen LogP contribution in [0.5, 0.6) is 0 Å². The second kappa shape index (κ2) is 12.4. The van der Waals surface area contributed by atoms with E-state index in [0.717, 1.165) is 26.2 Å². The first-order valence-electron chi connectivity index (χ1n) is 13.4. The molecule has 0 spiro atoms. The molecule has 0 aliphatic rings. The van der Waals surface area contributed by atoms with Crippen LogP contribution in [0.2, 0.25) is 0 Å². The predicted molar refractivity (Wildman–Crippen MR) is 167 cm³/mol. The van der Waals surface area contributed by atoms with Gasteiger partial charge in [0.2, 0.25) is 0 Å². The summed E-state index contributed by atoms with van der Waals surface area (Å²) < 4.78 is 17.0. The van der Waals surface area contributed by atoms with E-state index < -0.39 is 5.82 Å². The number of benzene rings is 3. The predicted octanol–water partition coefficient (Wildman–Crippen LogP) is 7.00. The van der Waals surface area contributed by atoms with Gasteiger partial charge in [-0.15, -0.1) is 22.7 Å². The Morgan fingerprint density at radius 2 is 1.88 bits per heavy atom. The number of halogens is 1. The van der Waals surface area contributed by atoms with Crippen LogP contribution in [-0.4, -0.2) is 21.4 Å². The van der Waals surface area contributed by atoms with Crippen LogP contribution in [0.3, 0.4) is 0 Å². The Kier molecular flexibility index (Phi) is 8.09. The molecule has 0 atom stereocenters. The molecule has 0 aliphatic heterocycles. The van der Waals surface area contributed by atoms with Gasteiger partial charge in [-0.25, -0.2) is 9.37 Å². The van der Waals surface area contributed by atoms with Crippen molar-refractivity contribution >= 4 is 50.3 Å². The molecule has 0 radical (unpaired) electrons. The number of aromatic nitrogens is 2. The molecular formula is C33H24FN5O2S2. The number of nitrogens with zero attached hydrogens (tertiary/aromatic N) is 4. The molecule has 1 N–H and O–H groups in total. The number of thiophene rings is 2. The maximum atomic E-state index is 14.1. The summed E-state index contributed by atoms with van der Waals surface area (Å²) in [5.41, 5.74) is 3.15. The zero-order chi connectivity index (χ0) is 29.8. The number of carbonyl (C=O) groups is 2. The van der Waals surface area contributed by atoms with Gasteiger partial charge >= 0.3 is 0 Å². The fraction of sp³-hybridized carbons (Fsp3) is 0.0909. The van der Waals surface area contributed by atoms with Crippen LogP contribution in [0.25, 0.3) is 10.1 Å². The van der Waals surface area contributed by atoms with Gasteiger partial charge in [-0.05, 0) is 77.0 Å². The quantitative estimate of drug-likeness (QED) is 0.192. The largest absolute Gasteiger partial charge is 0.346 e. The van der Waals surface area contributed by atoms with Crippen LogP contribution in [0.4, 0.5) is 10.1 Å². The SMILES string of the molecule is N#Cc1ccc(Cn2cncc2CN(C(=O)c2cccc(F)c2)c2ccc3sc(C(=O)NCc4cccs4)cc3c2)cc1. The molecule has 3 aromatic heterocycles. The first-order chi connectivity index (χ1) is 21.0. The molecule has 0 fully saturated rings. The van der Waals surface area contributed by atoms with E-state index >= 15 is 0 Å². The number of imidazole rings is 1. The zero-order valence-corrected chi connectivity index (χ0v) is 24.4. The Morgan fingerprint density at radius 1 is 1.02 bits per heavy atom. The summed E-state index contributed by atoms with van der Waals surface area (Å²) in [6, 6.07) is 26.4. The number of nitrogens with one attached hydrogen (secondary N) is 1. The fourth-order valence-electron chi connectivity index (χ4n) is 4.70. The molecule has 0 unspecified atom stereocenters. The van der Waals surface area contributed by atoms with Crippen molar-refractivity contribution in [1.29, 1.82) is 5.26 Å². The molecule has 7 nitrogen and oxygen atoms in total. The Balaban J connectivity index is 1.30. The number of anilines is 1. The second-order valence-corrected chi connectivity index (χ2v) is 11.9. The molecule has 43 heavy (non-hydrogen) atoms. The molecule has 3 aromatic carbocycles. The molecule has 0 saturated heterocycles. The van der Waals surface area contributed by atoms with Crippen molar-refractivity contribution in [2.24, 2.45) is 0 Å². The zero-order valence-electron chi connectivity index (χ0n) is 22.7. The van der Waals surface area contributed by atoms with Crippen molar-refractivity contribution in [3.8, 4) is 6.07 Å². The Hall–Kier alpha value is -5.11. The highest BCUT2D eigenvalue weighted by Gasteiger charge is 2.22. The standard InChI is InChI=1S/C33H24FN5O2S2/c34-26-4-1-3-24(13-26)33(41)39(20-28-17-36-21-38(28)19-23-8-6-22(16-35)7-9-23)27-10-11-30-25(14-27)15-31(43-30)32(40)37-18-29-5-2-12-42-29/h1-15,17,21H,18-20H2,(H,37,40). The third kappa shape index (κ3) is 6.38. The number of rotatable bonds is 9. The van der Waals surface area contributed by atoms with E-state index in [1.807, 2.05) is 58.5 Å². The summed E-state index contributed by atoms with van der Waals surface area (Å²) in [7, 11) is 0. The van der Waals surface area contributed by atoms with E-state index in [0.29, 0.717) is 29.2 Å². The summed E-state index contributed by atoms with van der Waals surface area (Å²) in [5, 5.41) is 14.9. The van der Waals surface area contributed by atoms with Crippen molar-refractivity contribution in [2.45, 2.75) is 19.6 Å². The summed E-state index contributed by atoms with van der Waals surface area (Å²) in [6.45, 7) is 1.13.